The van der Waals surface area contributed by atoms with E-state index in [-0.39, 0.29) is 27.8 Å². The summed E-state index contributed by atoms with van der Waals surface area (Å²) in [6, 6.07) is 4.27. The third-order valence-corrected chi connectivity index (χ3v) is 4.25. The van der Waals surface area contributed by atoms with Gasteiger partial charge in [-0.1, -0.05) is 31.5 Å². The highest BCUT2D eigenvalue weighted by atomic mass is 35.5. The van der Waals surface area contributed by atoms with Gasteiger partial charge in [-0.2, -0.15) is 0 Å². The Morgan fingerprint density at radius 3 is 2.57 bits per heavy atom. The maximum atomic E-state index is 12.2. The quantitative estimate of drug-likeness (QED) is 0.472. The average Bonchev–Trinajstić information content (AvgIpc) is 2.40. The Bertz CT molecular complexity index is 561. The largest absolute Gasteiger partial charge is 0.459 e. The Hall–Kier alpha value is -1.62. The first-order valence-corrected chi connectivity index (χ1v) is 7.32. The van der Waals surface area contributed by atoms with E-state index >= 15 is 0 Å². The molecule has 1 saturated carbocycles. The SMILES string of the molecule is CC1(C)CCC(OC(=O)c2cccc(Cl)c2[N+](=O)[O-])CC1. The van der Waals surface area contributed by atoms with Crippen LogP contribution in [0.15, 0.2) is 18.2 Å². The number of esters is 1. The molecule has 0 bridgehead atoms. The van der Waals surface area contributed by atoms with Crippen LogP contribution in [0.3, 0.4) is 0 Å². The summed E-state index contributed by atoms with van der Waals surface area (Å²) in [5.74, 6) is -0.672. The molecule has 0 aliphatic heterocycles. The normalized spacial score (nSPS) is 18.2. The van der Waals surface area contributed by atoms with Gasteiger partial charge in [0.2, 0.25) is 0 Å². The van der Waals surface area contributed by atoms with E-state index in [1.165, 1.54) is 18.2 Å². The smallest absolute Gasteiger partial charge is 0.345 e. The number of nitro benzene ring substituents is 1. The van der Waals surface area contributed by atoms with E-state index in [2.05, 4.69) is 13.8 Å². The second-order valence-electron chi connectivity index (χ2n) is 6.16. The van der Waals surface area contributed by atoms with Crippen molar-refractivity contribution in [3.05, 3.63) is 38.9 Å². The van der Waals surface area contributed by atoms with Gasteiger partial charge < -0.3 is 4.74 Å². The summed E-state index contributed by atoms with van der Waals surface area (Å²) in [7, 11) is 0. The molecule has 0 unspecified atom stereocenters. The Balaban J connectivity index is 2.11. The molecule has 0 heterocycles. The minimum Gasteiger partial charge on any atom is -0.459 e. The number of ether oxygens (including phenoxy) is 1. The van der Waals surface area contributed by atoms with Crippen molar-refractivity contribution in [3.8, 4) is 0 Å². The predicted molar refractivity (Wildman–Crippen MR) is 79.6 cm³/mol. The van der Waals surface area contributed by atoms with Gasteiger partial charge in [-0.15, -0.1) is 0 Å². The van der Waals surface area contributed by atoms with Gasteiger partial charge in [0.1, 0.15) is 16.7 Å². The van der Waals surface area contributed by atoms with E-state index < -0.39 is 10.9 Å². The number of benzene rings is 1. The lowest BCUT2D eigenvalue weighted by Gasteiger charge is -2.33. The van der Waals surface area contributed by atoms with Crippen molar-refractivity contribution in [1.29, 1.82) is 0 Å². The molecule has 21 heavy (non-hydrogen) atoms. The first kappa shape index (κ1) is 15.8. The van der Waals surface area contributed by atoms with Crippen LogP contribution in [0.4, 0.5) is 5.69 Å². The average molecular weight is 312 g/mol. The molecule has 0 saturated heterocycles. The fourth-order valence-electron chi connectivity index (χ4n) is 2.57. The molecule has 1 fully saturated rings. The zero-order valence-electron chi connectivity index (χ0n) is 12.1. The van der Waals surface area contributed by atoms with Crippen molar-refractivity contribution in [2.45, 2.75) is 45.6 Å². The summed E-state index contributed by atoms with van der Waals surface area (Å²) in [6.45, 7) is 4.37. The standard InChI is InChI=1S/C15H18ClNO4/c1-15(2)8-6-10(7-9-15)21-14(18)11-4-3-5-12(16)13(11)17(19)20/h3-5,10H,6-9H2,1-2H3. The molecule has 0 amide bonds. The summed E-state index contributed by atoms with van der Waals surface area (Å²) in [6.07, 6.45) is 3.34. The fourth-order valence-corrected chi connectivity index (χ4v) is 2.81. The second kappa shape index (κ2) is 6.02. The number of para-hydroxylation sites is 1. The van der Waals surface area contributed by atoms with Crippen LogP contribution in [0.5, 0.6) is 0 Å². The lowest BCUT2D eigenvalue weighted by molar-refractivity contribution is -0.385. The third kappa shape index (κ3) is 3.73. The first-order chi connectivity index (χ1) is 9.80. The minimum absolute atomic E-state index is 0.0563. The highest BCUT2D eigenvalue weighted by Crippen LogP contribution is 2.37. The van der Waals surface area contributed by atoms with E-state index in [1.54, 1.807) is 0 Å². The summed E-state index contributed by atoms with van der Waals surface area (Å²) >= 11 is 5.80. The van der Waals surface area contributed by atoms with E-state index in [9.17, 15) is 14.9 Å². The molecule has 1 aliphatic carbocycles. The molecule has 6 heteroatoms. The number of carbonyl (C=O) groups is 1. The number of nitro groups is 1. The van der Waals surface area contributed by atoms with Gasteiger partial charge in [0, 0.05) is 0 Å². The Kier molecular flexibility index (Phi) is 4.52. The highest BCUT2D eigenvalue weighted by Gasteiger charge is 2.31. The lowest BCUT2D eigenvalue weighted by Crippen LogP contribution is -2.28. The first-order valence-electron chi connectivity index (χ1n) is 6.94. The molecular formula is C15H18ClNO4. The second-order valence-corrected chi connectivity index (χ2v) is 6.57. The zero-order valence-corrected chi connectivity index (χ0v) is 12.9. The fraction of sp³-hybridized carbons (Fsp3) is 0.533. The molecular weight excluding hydrogens is 294 g/mol. The van der Waals surface area contributed by atoms with Crippen LogP contribution in [0.25, 0.3) is 0 Å². The molecule has 5 nitrogen and oxygen atoms in total. The molecule has 1 aliphatic rings. The van der Waals surface area contributed by atoms with Gasteiger partial charge >= 0.3 is 11.7 Å². The topological polar surface area (TPSA) is 69.4 Å². The molecule has 0 aromatic heterocycles. The van der Waals surface area contributed by atoms with Crippen LogP contribution in [0, 0.1) is 15.5 Å². The molecule has 2 rings (SSSR count). The summed E-state index contributed by atoms with van der Waals surface area (Å²) in [4.78, 5) is 22.6. The number of halogens is 1. The van der Waals surface area contributed by atoms with E-state index in [1.807, 2.05) is 0 Å². The predicted octanol–water partition coefficient (Wildman–Crippen LogP) is 4.37. The van der Waals surface area contributed by atoms with Crippen molar-refractivity contribution in [3.63, 3.8) is 0 Å². The molecule has 0 atom stereocenters. The summed E-state index contributed by atoms with van der Waals surface area (Å²) < 4.78 is 5.41. The van der Waals surface area contributed by atoms with Crippen LogP contribution in [-0.2, 0) is 4.74 Å². The minimum atomic E-state index is -0.672. The molecule has 1 aromatic carbocycles. The van der Waals surface area contributed by atoms with Crippen LogP contribution in [0.1, 0.15) is 49.9 Å². The Morgan fingerprint density at radius 1 is 1.38 bits per heavy atom. The van der Waals surface area contributed by atoms with Gasteiger partial charge in [-0.05, 0) is 43.2 Å². The van der Waals surface area contributed by atoms with Gasteiger partial charge in [-0.3, -0.25) is 10.1 Å². The summed E-state index contributed by atoms with van der Waals surface area (Å²) in [5.41, 5.74) is -0.206. The monoisotopic (exact) mass is 311 g/mol. The maximum absolute atomic E-state index is 12.2. The molecule has 114 valence electrons. The van der Waals surface area contributed by atoms with Crippen LogP contribution >= 0.6 is 11.6 Å². The van der Waals surface area contributed by atoms with E-state index in [0.717, 1.165) is 25.7 Å². The van der Waals surface area contributed by atoms with E-state index in [0.29, 0.717) is 0 Å². The van der Waals surface area contributed by atoms with E-state index in [4.69, 9.17) is 16.3 Å². The van der Waals surface area contributed by atoms with Crippen molar-refractivity contribution >= 4 is 23.3 Å². The van der Waals surface area contributed by atoms with Gasteiger partial charge in [-0.25, -0.2) is 4.79 Å². The van der Waals surface area contributed by atoms with Crippen LogP contribution in [-0.4, -0.2) is 17.0 Å². The van der Waals surface area contributed by atoms with Crippen molar-refractivity contribution < 1.29 is 14.5 Å². The number of carbonyl (C=O) groups excluding carboxylic acids is 1. The van der Waals surface area contributed by atoms with Crippen molar-refractivity contribution in [2.24, 2.45) is 5.41 Å². The van der Waals surface area contributed by atoms with Crippen LogP contribution in [0.2, 0.25) is 5.02 Å². The Morgan fingerprint density at radius 2 is 2.00 bits per heavy atom. The lowest BCUT2D eigenvalue weighted by atomic mass is 9.76. The summed E-state index contributed by atoms with van der Waals surface area (Å²) in [5, 5.41) is 11.0. The van der Waals surface area contributed by atoms with Gasteiger partial charge in [0.05, 0.1) is 4.92 Å². The molecule has 0 radical (unpaired) electrons. The molecule has 0 N–H and O–H groups in total. The highest BCUT2D eigenvalue weighted by molar-refractivity contribution is 6.33. The van der Waals surface area contributed by atoms with Crippen molar-refractivity contribution in [2.75, 3.05) is 0 Å². The third-order valence-electron chi connectivity index (χ3n) is 3.95. The number of hydrogen-bond acceptors (Lipinski definition) is 4. The maximum Gasteiger partial charge on any atom is 0.345 e. The zero-order chi connectivity index (χ0) is 15.6. The number of nitrogens with zero attached hydrogens (tertiary/aromatic N) is 1. The Labute approximate surface area is 128 Å². The molecule has 0 spiro atoms. The number of hydrogen-bond donors (Lipinski definition) is 0. The van der Waals surface area contributed by atoms with Crippen molar-refractivity contribution in [1.82, 2.24) is 0 Å². The molecule has 1 aromatic rings. The van der Waals surface area contributed by atoms with Crippen LogP contribution < -0.4 is 0 Å². The van der Waals surface area contributed by atoms with Gasteiger partial charge in [0.25, 0.3) is 0 Å². The number of rotatable bonds is 3. The van der Waals surface area contributed by atoms with Gasteiger partial charge in [0.15, 0.2) is 0 Å².